The van der Waals surface area contributed by atoms with Gasteiger partial charge in [-0.1, -0.05) is 0 Å². The van der Waals surface area contributed by atoms with E-state index in [-0.39, 0.29) is 18.0 Å². The lowest BCUT2D eigenvalue weighted by atomic mass is 10.0. The van der Waals surface area contributed by atoms with Crippen LogP contribution in [0.15, 0.2) is 23.1 Å². The minimum absolute atomic E-state index is 0.00546. The molecule has 0 spiro atoms. The smallest absolute Gasteiger partial charge is 0.242 e. The topological polar surface area (TPSA) is 78.9 Å². The molecule has 118 valence electrons. The Bertz CT molecular complexity index is 589. The Morgan fingerprint density at radius 1 is 1.48 bits per heavy atom. The number of aliphatic hydroxyl groups excluding tert-OH is 1. The van der Waals surface area contributed by atoms with E-state index in [1.165, 1.54) is 14.2 Å². The number of hydrogen-bond acceptors (Lipinski definition) is 5. The fraction of sp³-hybridized carbons (Fsp3) is 0.571. The summed E-state index contributed by atoms with van der Waals surface area (Å²) in [6.45, 7) is 1.03. The number of nitrogens with one attached hydrogen (secondary N) is 1. The maximum absolute atomic E-state index is 12.5. The first-order valence-corrected chi connectivity index (χ1v) is 8.39. The molecule has 1 aromatic carbocycles. The number of aryl methyl sites for hydroxylation is 1. The van der Waals surface area contributed by atoms with Crippen LogP contribution < -0.4 is 5.32 Å². The van der Waals surface area contributed by atoms with E-state index in [4.69, 9.17) is 4.74 Å². The number of rotatable bonds is 6. The molecule has 21 heavy (non-hydrogen) atoms. The molecule has 1 aliphatic heterocycles. The number of fused-ring (bicyclic) bond motifs is 1. The van der Waals surface area contributed by atoms with E-state index in [1.807, 2.05) is 0 Å². The van der Waals surface area contributed by atoms with Crippen molar-refractivity contribution >= 4 is 15.7 Å². The first-order valence-electron chi connectivity index (χ1n) is 6.95. The summed E-state index contributed by atoms with van der Waals surface area (Å²) in [6, 6.07) is 5.13. The van der Waals surface area contributed by atoms with Gasteiger partial charge in [0.1, 0.15) is 0 Å². The lowest BCUT2D eigenvalue weighted by molar-refractivity contribution is 0.0554. The van der Waals surface area contributed by atoms with Crippen LogP contribution in [0.25, 0.3) is 0 Å². The second-order valence-corrected chi connectivity index (χ2v) is 7.29. The Morgan fingerprint density at radius 3 is 2.95 bits per heavy atom. The minimum atomic E-state index is -3.60. The molecule has 0 radical (unpaired) electrons. The van der Waals surface area contributed by atoms with Crippen LogP contribution in [-0.4, -0.2) is 57.8 Å². The van der Waals surface area contributed by atoms with E-state index in [9.17, 15) is 13.5 Å². The third-order valence-corrected chi connectivity index (χ3v) is 5.37. The highest BCUT2D eigenvalue weighted by Gasteiger charge is 2.24. The molecule has 2 N–H and O–H groups in total. The van der Waals surface area contributed by atoms with Crippen molar-refractivity contribution in [1.29, 1.82) is 0 Å². The molecule has 1 atom stereocenters. The molecule has 7 heteroatoms. The Balaban J connectivity index is 2.19. The van der Waals surface area contributed by atoms with Gasteiger partial charge in [-0.15, -0.1) is 0 Å². The highest BCUT2D eigenvalue weighted by Crippen LogP contribution is 2.26. The summed E-state index contributed by atoms with van der Waals surface area (Å²) in [5, 5.41) is 12.9. The predicted molar refractivity (Wildman–Crippen MR) is 81.0 cm³/mol. The second-order valence-electron chi connectivity index (χ2n) is 5.24. The van der Waals surface area contributed by atoms with Gasteiger partial charge in [-0.2, -0.15) is 4.31 Å². The van der Waals surface area contributed by atoms with Crippen molar-refractivity contribution in [3.8, 4) is 0 Å². The third-order valence-electron chi connectivity index (χ3n) is 3.55. The van der Waals surface area contributed by atoms with Crippen LogP contribution in [0.2, 0.25) is 0 Å². The van der Waals surface area contributed by atoms with E-state index in [0.717, 1.165) is 34.9 Å². The quantitative estimate of drug-likeness (QED) is 0.807. The number of ether oxygens (including phenoxy) is 1. The molecule has 1 aliphatic rings. The average molecular weight is 314 g/mol. The molecular formula is C14H22N2O4S. The van der Waals surface area contributed by atoms with Gasteiger partial charge in [0, 0.05) is 32.9 Å². The standard InChI is InChI=1S/C14H22N2O4S/c1-16(9-12(17)10-20-2)21(18,19)13-5-6-14-11(8-13)4-3-7-15-14/h5-6,8,12,15,17H,3-4,7,9-10H2,1-2H3. The lowest BCUT2D eigenvalue weighted by Gasteiger charge is -2.22. The van der Waals surface area contributed by atoms with Crippen molar-refractivity contribution < 1.29 is 18.3 Å². The highest BCUT2D eigenvalue weighted by atomic mass is 32.2. The van der Waals surface area contributed by atoms with E-state index >= 15 is 0 Å². The van der Waals surface area contributed by atoms with E-state index in [1.54, 1.807) is 18.2 Å². The molecule has 0 aliphatic carbocycles. The number of benzene rings is 1. The van der Waals surface area contributed by atoms with Crippen molar-refractivity contribution in [2.75, 3.05) is 39.2 Å². The summed E-state index contributed by atoms with van der Waals surface area (Å²) in [4.78, 5) is 0.261. The highest BCUT2D eigenvalue weighted by molar-refractivity contribution is 7.89. The van der Waals surface area contributed by atoms with Gasteiger partial charge < -0.3 is 15.2 Å². The van der Waals surface area contributed by atoms with Gasteiger partial charge in [-0.05, 0) is 36.6 Å². The normalized spacial score (nSPS) is 16.4. The molecule has 0 saturated carbocycles. The summed E-state index contributed by atoms with van der Waals surface area (Å²) >= 11 is 0. The van der Waals surface area contributed by atoms with Gasteiger partial charge in [-0.25, -0.2) is 8.42 Å². The zero-order valence-corrected chi connectivity index (χ0v) is 13.2. The summed E-state index contributed by atoms with van der Waals surface area (Å²) in [7, 11) is -0.665. The number of nitrogens with zero attached hydrogens (tertiary/aromatic N) is 1. The third kappa shape index (κ3) is 3.74. The Hall–Kier alpha value is -1.15. The molecule has 1 unspecified atom stereocenters. The van der Waals surface area contributed by atoms with Gasteiger partial charge >= 0.3 is 0 Å². The Kier molecular flexibility index (Phi) is 5.21. The van der Waals surface area contributed by atoms with Crippen LogP contribution in [0.4, 0.5) is 5.69 Å². The summed E-state index contributed by atoms with van der Waals surface area (Å²) in [6.07, 6.45) is 1.04. The molecule has 0 fully saturated rings. The van der Waals surface area contributed by atoms with Gasteiger partial charge in [0.15, 0.2) is 0 Å². The number of sulfonamides is 1. The molecule has 0 amide bonds. The SMILES string of the molecule is COCC(O)CN(C)S(=O)(=O)c1ccc2c(c1)CCCN2. The molecule has 6 nitrogen and oxygen atoms in total. The molecule has 1 aromatic rings. The maximum atomic E-state index is 12.5. The zero-order valence-electron chi connectivity index (χ0n) is 12.4. The largest absolute Gasteiger partial charge is 0.389 e. The van der Waals surface area contributed by atoms with E-state index in [0.29, 0.717) is 0 Å². The van der Waals surface area contributed by atoms with E-state index < -0.39 is 16.1 Å². The minimum Gasteiger partial charge on any atom is -0.389 e. The monoisotopic (exact) mass is 314 g/mol. The number of methoxy groups -OCH3 is 1. The van der Waals surface area contributed by atoms with Crippen molar-refractivity contribution in [1.82, 2.24) is 4.31 Å². The first-order chi connectivity index (χ1) is 9.95. The summed E-state index contributed by atoms with van der Waals surface area (Å²) in [5.74, 6) is 0. The van der Waals surface area contributed by atoms with Gasteiger partial charge in [0.25, 0.3) is 0 Å². The predicted octanol–water partition coefficient (Wildman–Crippen LogP) is 0.672. The number of aliphatic hydroxyl groups is 1. The Morgan fingerprint density at radius 2 is 2.24 bits per heavy atom. The number of anilines is 1. The van der Waals surface area contributed by atoms with Crippen molar-refractivity contribution in [3.63, 3.8) is 0 Å². The molecule has 0 bridgehead atoms. The fourth-order valence-corrected chi connectivity index (χ4v) is 3.69. The first kappa shape index (κ1) is 16.2. The number of hydrogen-bond donors (Lipinski definition) is 2. The molecule has 0 aromatic heterocycles. The maximum Gasteiger partial charge on any atom is 0.242 e. The molecule has 2 rings (SSSR count). The van der Waals surface area contributed by atoms with Crippen LogP contribution in [0.3, 0.4) is 0 Å². The lowest BCUT2D eigenvalue weighted by Crippen LogP contribution is -2.36. The van der Waals surface area contributed by atoms with Crippen LogP contribution in [-0.2, 0) is 21.2 Å². The molecule has 0 saturated heterocycles. The fourth-order valence-electron chi connectivity index (χ4n) is 2.43. The average Bonchev–Trinajstić information content (AvgIpc) is 2.46. The summed E-state index contributed by atoms with van der Waals surface area (Å²) < 4.78 is 31.0. The summed E-state index contributed by atoms with van der Waals surface area (Å²) in [5.41, 5.74) is 2.02. The Labute approximate surface area is 125 Å². The zero-order chi connectivity index (χ0) is 15.5. The van der Waals surface area contributed by atoms with Crippen molar-refractivity contribution in [2.24, 2.45) is 0 Å². The van der Waals surface area contributed by atoms with Crippen LogP contribution in [0.5, 0.6) is 0 Å². The van der Waals surface area contributed by atoms with Gasteiger partial charge in [0.2, 0.25) is 10.0 Å². The van der Waals surface area contributed by atoms with Gasteiger partial charge in [-0.3, -0.25) is 0 Å². The molecular weight excluding hydrogens is 292 g/mol. The van der Waals surface area contributed by atoms with E-state index in [2.05, 4.69) is 5.32 Å². The molecule has 1 heterocycles. The van der Waals surface area contributed by atoms with Crippen LogP contribution in [0, 0.1) is 0 Å². The second kappa shape index (κ2) is 6.74. The van der Waals surface area contributed by atoms with Crippen LogP contribution >= 0.6 is 0 Å². The van der Waals surface area contributed by atoms with Gasteiger partial charge in [0.05, 0.1) is 17.6 Å². The van der Waals surface area contributed by atoms with Crippen molar-refractivity contribution in [2.45, 2.75) is 23.8 Å². The van der Waals surface area contributed by atoms with Crippen molar-refractivity contribution in [3.05, 3.63) is 23.8 Å². The number of likely N-dealkylation sites (N-methyl/N-ethyl adjacent to an activating group) is 1. The van der Waals surface area contributed by atoms with Crippen LogP contribution in [0.1, 0.15) is 12.0 Å².